The minimum Gasteiger partial charge on any atom is -0.388 e. The van der Waals surface area contributed by atoms with E-state index in [0.717, 1.165) is 18.2 Å². The summed E-state index contributed by atoms with van der Waals surface area (Å²) in [6.45, 7) is 0. The first kappa shape index (κ1) is 13.4. The first-order valence-electron chi connectivity index (χ1n) is 5.70. The van der Waals surface area contributed by atoms with Crippen molar-refractivity contribution in [1.29, 1.82) is 0 Å². The van der Waals surface area contributed by atoms with E-state index in [2.05, 4.69) is 0 Å². The highest BCUT2D eigenvalue weighted by atomic mass is 32.2. The third kappa shape index (κ3) is 3.26. The Balaban J connectivity index is 2.06. The Hall–Kier alpha value is -1.01. The molecule has 0 saturated carbocycles. The van der Waals surface area contributed by atoms with Gasteiger partial charge in [0.2, 0.25) is 0 Å². The SMILES string of the molecule is O=S1(=O)CCC(CC(O)c2cc(F)cc(F)c2)C1. The first-order chi connectivity index (χ1) is 8.35. The van der Waals surface area contributed by atoms with Gasteiger partial charge in [0.05, 0.1) is 17.6 Å². The van der Waals surface area contributed by atoms with E-state index in [1.54, 1.807) is 0 Å². The Morgan fingerprint density at radius 3 is 2.39 bits per heavy atom. The fourth-order valence-electron chi connectivity index (χ4n) is 2.28. The molecule has 6 heteroatoms. The van der Waals surface area contributed by atoms with Crippen molar-refractivity contribution in [2.24, 2.45) is 5.92 Å². The largest absolute Gasteiger partial charge is 0.388 e. The zero-order valence-electron chi connectivity index (χ0n) is 9.64. The van der Waals surface area contributed by atoms with Crippen LogP contribution in [0.3, 0.4) is 0 Å². The highest BCUT2D eigenvalue weighted by molar-refractivity contribution is 7.91. The standard InChI is InChI=1S/C12H14F2O3S/c13-10-4-9(5-11(14)6-10)12(15)3-8-1-2-18(16,17)7-8/h4-6,8,12,15H,1-3,7H2. The Kier molecular flexibility index (Phi) is 3.68. The predicted octanol–water partition coefficient (Wildman–Crippen LogP) is 1.82. The maximum absolute atomic E-state index is 13.0. The van der Waals surface area contributed by atoms with Gasteiger partial charge in [-0.25, -0.2) is 17.2 Å². The molecule has 1 aromatic carbocycles. The number of aliphatic hydroxyl groups is 1. The van der Waals surface area contributed by atoms with E-state index >= 15 is 0 Å². The molecular weight excluding hydrogens is 262 g/mol. The molecular formula is C12H14F2O3S. The van der Waals surface area contributed by atoms with Gasteiger partial charge in [-0.1, -0.05) is 0 Å². The van der Waals surface area contributed by atoms with Gasteiger partial charge in [0.1, 0.15) is 11.6 Å². The van der Waals surface area contributed by atoms with Crippen LogP contribution in [0.4, 0.5) is 8.78 Å². The maximum atomic E-state index is 13.0. The van der Waals surface area contributed by atoms with Crippen molar-refractivity contribution < 1.29 is 22.3 Å². The summed E-state index contributed by atoms with van der Waals surface area (Å²) in [5, 5.41) is 9.87. The van der Waals surface area contributed by atoms with Crippen LogP contribution in [0.2, 0.25) is 0 Å². The summed E-state index contributed by atoms with van der Waals surface area (Å²) in [6, 6.07) is 2.87. The van der Waals surface area contributed by atoms with Crippen molar-refractivity contribution in [3.05, 3.63) is 35.4 Å². The number of benzene rings is 1. The van der Waals surface area contributed by atoms with Crippen LogP contribution in [0, 0.1) is 17.6 Å². The van der Waals surface area contributed by atoms with Crippen molar-refractivity contribution in [3.8, 4) is 0 Å². The second-order valence-corrected chi connectivity index (χ2v) is 6.95. The van der Waals surface area contributed by atoms with Gasteiger partial charge in [-0.2, -0.15) is 0 Å². The maximum Gasteiger partial charge on any atom is 0.150 e. The van der Waals surface area contributed by atoms with E-state index < -0.39 is 27.6 Å². The molecule has 0 spiro atoms. The summed E-state index contributed by atoms with van der Waals surface area (Å²) in [7, 11) is -3.00. The van der Waals surface area contributed by atoms with Crippen molar-refractivity contribution in [2.75, 3.05) is 11.5 Å². The second kappa shape index (κ2) is 4.93. The summed E-state index contributed by atoms with van der Waals surface area (Å²) >= 11 is 0. The number of sulfone groups is 1. The molecule has 2 atom stereocenters. The highest BCUT2D eigenvalue weighted by Gasteiger charge is 2.29. The van der Waals surface area contributed by atoms with Crippen LogP contribution in [0.25, 0.3) is 0 Å². The third-order valence-corrected chi connectivity index (χ3v) is 4.99. The lowest BCUT2D eigenvalue weighted by atomic mass is 9.96. The summed E-state index contributed by atoms with van der Waals surface area (Å²) in [6.07, 6.45) is -0.326. The van der Waals surface area contributed by atoms with Crippen LogP contribution in [-0.2, 0) is 9.84 Å². The van der Waals surface area contributed by atoms with E-state index in [4.69, 9.17) is 0 Å². The van der Waals surface area contributed by atoms with Crippen molar-refractivity contribution in [2.45, 2.75) is 18.9 Å². The Morgan fingerprint density at radius 2 is 1.89 bits per heavy atom. The Morgan fingerprint density at radius 1 is 1.28 bits per heavy atom. The molecule has 0 aromatic heterocycles. The number of halogens is 2. The lowest BCUT2D eigenvalue weighted by Crippen LogP contribution is -2.10. The van der Waals surface area contributed by atoms with E-state index in [1.165, 1.54) is 0 Å². The van der Waals surface area contributed by atoms with Crippen LogP contribution in [0.5, 0.6) is 0 Å². The molecule has 1 heterocycles. The zero-order chi connectivity index (χ0) is 13.3. The smallest absolute Gasteiger partial charge is 0.150 e. The average molecular weight is 276 g/mol. The molecule has 0 aliphatic carbocycles. The van der Waals surface area contributed by atoms with Crippen LogP contribution in [0.1, 0.15) is 24.5 Å². The lowest BCUT2D eigenvalue weighted by molar-refractivity contribution is 0.148. The Labute approximate surface area is 104 Å². The summed E-state index contributed by atoms with van der Waals surface area (Å²) in [4.78, 5) is 0. The van der Waals surface area contributed by atoms with Gasteiger partial charge >= 0.3 is 0 Å². The number of hydrogen-bond donors (Lipinski definition) is 1. The number of aliphatic hydroxyl groups excluding tert-OH is 1. The number of rotatable bonds is 3. The summed E-state index contributed by atoms with van der Waals surface area (Å²) in [5.41, 5.74) is 0.150. The molecule has 18 heavy (non-hydrogen) atoms. The molecule has 1 aliphatic heterocycles. The predicted molar refractivity (Wildman–Crippen MR) is 62.7 cm³/mol. The second-order valence-electron chi connectivity index (χ2n) is 4.72. The molecule has 2 unspecified atom stereocenters. The summed E-state index contributed by atoms with van der Waals surface area (Å²) < 4.78 is 48.5. The van der Waals surface area contributed by atoms with Gasteiger partial charge in [0, 0.05) is 6.07 Å². The number of hydrogen-bond acceptors (Lipinski definition) is 3. The normalized spacial score (nSPS) is 24.1. The van der Waals surface area contributed by atoms with Crippen molar-refractivity contribution >= 4 is 9.84 Å². The van der Waals surface area contributed by atoms with Crippen molar-refractivity contribution in [3.63, 3.8) is 0 Å². The molecule has 1 aliphatic rings. The van der Waals surface area contributed by atoms with Gasteiger partial charge < -0.3 is 5.11 Å². The molecule has 0 bridgehead atoms. The molecule has 0 radical (unpaired) electrons. The first-order valence-corrected chi connectivity index (χ1v) is 7.52. The monoisotopic (exact) mass is 276 g/mol. The molecule has 1 fully saturated rings. The minimum atomic E-state index is -3.00. The molecule has 100 valence electrons. The molecule has 2 rings (SSSR count). The fraction of sp³-hybridized carbons (Fsp3) is 0.500. The van der Waals surface area contributed by atoms with Crippen LogP contribution in [0.15, 0.2) is 18.2 Å². The quantitative estimate of drug-likeness (QED) is 0.916. The molecule has 1 N–H and O–H groups in total. The highest BCUT2D eigenvalue weighted by Crippen LogP contribution is 2.29. The molecule has 1 aromatic rings. The Bertz CT molecular complexity index is 522. The van der Waals surface area contributed by atoms with Crippen LogP contribution < -0.4 is 0 Å². The van der Waals surface area contributed by atoms with Crippen LogP contribution >= 0.6 is 0 Å². The lowest BCUT2D eigenvalue weighted by Gasteiger charge is -2.15. The molecule has 1 saturated heterocycles. The van der Waals surface area contributed by atoms with Gasteiger partial charge in [-0.3, -0.25) is 0 Å². The topological polar surface area (TPSA) is 54.4 Å². The molecule has 3 nitrogen and oxygen atoms in total. The van der Waals surface area contributed by atoms with Gasteiger partial charge in [-0.15, -0.1) is 0 Å². The van der Waals surface area contributed by atoms with Gasteiger partial charge in [-0.05, 0) is 36.5 Å². The van der Waals surface area contributed by atoms with Crippen LogP contribution in [-0.4, -0.2) is 25.0 Å². The fourth-order valence-corrected chi connectivity index (χ4v) is 4.16. The average Bonchev–Trinajstić information content (AvgIpc) is 2.56. The van der Waals surface area contributed by atoms with Gasteiger partial charge in [0.15, 0.2) is 9.84 Å². The van der Waals surface area contributed by atoms with E-state index in [-0.39, 0.29) is 29.4 Å². The van der Waals surface area contributed by atoms with Gasteiger partial charge in [0.25, 0.3) is 0 Å². The molecule has 0 amide bonds. The van der Waals surface area contributed by atoms with Crippen molar-refractivity contribution in [1.82, 2.24) is 0 Å². The minimum absolute atomic E-state index is 0.0435. The third-order valence-electron chi connectivity index (χ3n) is 3.15. The van der Waals surface area contributed by atoms with E-state index in [0.29, 0.717) is 6.42 Å². The zero-order valence-corrected chi connectivity index (χ0v) is 10.5. The van der Waals surface area contributed by atoms with E-state index in [1.807, 2.05) is 0 Å². The van der Waals surface area contributed by atoms with E-state index in [9.17, 15) is 22.3 Å². The summed E-state index contributed by atoms with van der Waals surface area (Å²) in [5.74, 6) is -1.47.